The van der Waals surface area contributed by atoms with Gasteiger partial charge < -0.3 is 29.6 Å². The molecule has 0 saturated carbocycles. The number of hydrogen-bond acceptors (Lipinski definition) is 8. The first-order valence-corrected chi connectivity index (χ1v) is 13.3. The number of ether oxygens (including phenoxy) is 1. The van der Waals surface area contributed by atoms with Gasteiger partial charge in [0.1, 0.15) is 11.6 Å². The van der Waals surface area contributed by atoms with Gasteiger partial charge in [0.25, 0.3) is 0 Å². The molecule has 37 heavy (non-hydrogen) atoms. The normalized spacial score (nSPS) is 22.1. The van der Waals surface area contributed by atoms with Crippen molar-refractivity contribution >= 4 is 30.5 Å². The quantitative estimate of drug-likeness (QED) is 0.531. The van der Waals surface area contributed by atoms with E-state index in [1.807, 2.05) is 46.4 Å². The number of likely N-dealkylation sites (tertiary alicyclic amines) is 1. The summed E-state index contributed by atoms with van der Waals surface area (Å²) in [6, 6.07) is -0.632. The Hall–Kier alpha value is -2.40. The summed E-state index contributed by atoms with van der Waals surface area (Å²) in [5.41, 5.74) is -0.691. The maximum atomic E-state index is 13.3. The van der Waals surface area contributed by atoms with Crippen LogP contribution in [0.25, 0.3) is 0 Å². The van der Waals surface area contributed by atoms with Crippen LogP contribution < -0.4 is 16.1 Å². The SMILES string of the molecule is CC(C)[C@@H](NC(=O)OC(C)(C)C)C(=O)N1CCC[C@@H](CNc2ncc(B3OC(C)(C)C(C)(C)O3)cn2)C1. The van der Waals surface area contributed by atoms with E-state index in [1.54, 1.807) is 33.2 Å². The Bertz CT molecular complexity index is 932. The monoisotopic (exact) mass is 517 g/mol. The molecule has 2 fully saturated rings. The van der Waals surface area contributed by atoms with Gasteiger partial charge in [0.2, 0.25) is 11.9 Å². The number of nitrogens with zero attached hydrogens (tertiary/aromatic N) is 3. The lowest BCUT2D eigenvalue weighted by molar-refractivity contribution is -0.136. The molecule has 2 saturated heterocycles. The van der Waals surface area contributed by atoms with E-state index in [4.69, 9.17) is 14.0 Å². The Balaban J connectivity index is 1.53. The predicted molar refractivity (Wildman–Crippen MR) is 144 cm³/mol. The number of alkyl carbamates (subject to hydrolysis) is 1. The fourth-order valence-electron chi connectivity index (χ4n) is 4.34. The maximum Gasteiger partial charge on any atom is 0.498 e. The molecule has 2 aliphatic heterocycles. The molecule has 0 bridgehead atoms. The molecule has 2 amide bonds. The first kappa shape index (κ1) is 29.2. The average molecular weight is 517 g/mol. The zero-order valence-electron chi connectivity index (χ0n) is 23.9. The van der Waals surface area contributed by atoms with Crippen LogP contribution in [-0.2, 0) is 18.8 Å². The highest BCUT2D eigenvalue weighted by molar-refractivity contribution is 6.61. The van der Waals surface area contributed by atoms with Crippen molar-refractivity contribution in [3.05, 3.63) is 12.4 Å². The number of aromatic nitrogens is 2. The van der Waals surface area contributed by atoms with Gasteiger partial charge in [-0.2, -0.15) is 0 Å². The van der Waals surface area contributed by atoms with E-state index in [2.05, 4.69) is 20.6 Å². The average Bonchev–Trinajstić information content (AvgIpc) is 3.01. The standard InChI is InChI=1S/C26H44BN5O5/c1-17(2)20(31-23(34)35-24(3,4)5)21(33)32-12-10-11-18(16-32)13-28-22-29-14-19(15-30-22)27-36-25(6,7)26(8,9)37-27/h14-15,17-18,20H,10-13,16H2,1-9H3,(H,31,34)(H,28,29,30)/t18-,20+/m0/s1. The van der Waals surface area contributed by atoms with Crippen molar-refractivity contribution in [2.24, 2.45) is 11.8 Å². The number of carbonyl (C=O) groups is 2. The van der Waals surface area contributed by atoms with Crippen molar-refractivity contribution in [3.63, 3.8) is 0 Å². The molecule has 0 spiro atoms. The number of amides is 2. The minimum atomic E-state index is -0.632. The molecular formula is C26H44BN5O5. The topological polar surface area (TPSA) is 115 Å². The minimum Gasteiger partial charge on any atom is -0.444 e. The molecule has 1 aromatic rings. The van der Waals surface area contributed by atoms with Gasteiger partial charge in [0.15, 0.2) is 0 Å². The summed E-state index contributed by atoms with van der Waals surface area (Å²) >= 11 is 0. The van der Waals surface area contributed by atoms with Crippen LogP contribution in [0, 0.1) is 11.8 Å². The fraction of sp³-hybridized carbons (Fsp3) is 0.769. The number of carbonyl (C=O) groups excluding carboxylic acids is 2. The second-order valence-electron chi connectivity index (χ2n) is 12.5. The molecule has 0 unspecified atom stereocenters. The van der Waals surface area contributed by atoms with Gasteiger partial charge in [-0.25, -0.2) is 14.8 Å². The third kappa shape index (κ3) is 7.57. The molecule has 10 nitrogen and oxygen atoms in total. The summed E-state index contributed by atoms with van der Waals surface area (Å²) in [6.07, 6.45) is 4.77. The van der Waals surface area contributed by atoms with Gasteiger partial charge in [-0.05, 0) is 73.1 Å². The highest BCUT2D eigenvalue weighted by atomic mass is 16.7. The van der Waals surface area contributed by atoms with Gasteiger partial charge in [0, 0.05) is 37.5 Å². The predicted octanol–water partition coefficient (Wildman–Crippen LogP) is 2.98. The lowest BCUT2D eigenvalue weighted by Gasteiger charge is -2.36. The van der Waals surface area contributed by atoms with Crippen LogP contribution in [0.3, 0.4) is 0 Å². The Morgan fingerprint density at radius 2 is 1.76 bits per heavy atom. The summed E-state index contributed by atoms with van der Waals surface area (Å²) in [5.74, 6) is 0.636. The van der Waals surface area contributed by atoms with Gasteiger partial charge in [0.05, 0.1) is 11.2 Å². The van der Waals surface area contributed by atoms with E-state index in [0.717, 1.165) is 18.3 Å². The number of nitrogens with one attached hydrogen (secondary N) is 2. The highest BCUT2D eigenvalue weighted by Gasteiger charge is 2.52. The second kappa shape index (κ2) is 11.1. The number of piperidine rings is 1. The molecule has 11 heteroatoms. The zero-order valence-corrected chi connectivity index (χ0v) is 23.9. The molecule has 2 N–H and O–H groups in total. The molecule has 3 heterocycles. The van der Waals surface area contributed by atoms with Gasteiger partial charge in [-0.3, -0.25) is 4.79 Å². The molecule has 3 rings (SSSR count). The molecule has 2 aliphatic rings. The van der Waals surface area contributed by atoms with E-state index < -0.39 is 36.1 Å². The number of hydrogen-bond donors (Lipinski definition) is 2. The smallest absolute Gasteiger partial charge is 0.444 e. The molecule has 0 aromatic carbocycles. The lowest BCUT2D eigenvalue weighted by atomic mass is 9.81. The molecule has 0 radical (unpaired) electrons. The van der Waals surface area contributed by atoms with Crippen LogP contribution in [-0.4, -0.2) is 76.5 Å². The third-order valence-corrected chi connectivity index (χ3v) is 7.18. The van der Waals surface area contributed by atoms with E-state index in [-0.39, 0.29) is 17.7 Å². The molecule has 1 aromatic heterocycles. The molecule has 2 atom stereocenters. The number of rotatable bonds is 7. The first-order chi connectivity index (χ1) is 17.1. The van der Waals surface area contributed by atoms with Gasteiger partial charge in [-0.15, -0.1) is 0 Å². The van der Waals surface area contributed by atoms with Crippen LogP contribution >= 0.6 is 0 Å². The molecule has 206 valence electrons. The van der Waals surface area contributed by atoms with E-state index >= 15 is 0 Å². The Morgan fingerprint density at radius 1 is 1.16 bits per heavy atom. The van der Waals surface area contributed by atoms with E-state index in [1.165, 1.54) is 0 Å². The Kier molecular flexibility index (Phi) is 8.79. The van der Waals surface area contributed by atoms with Crippen molar-refractivity contribution in [2.45, 2.75) is 98.0 Å². The van der Waals surface area contributed by atoms with Crippen molar-refractivity contribution in [2.75, 3.05) is 25.0 Å². The Labute approximate surface area is 221 Å². The summed E-state index contributed by atoms with van der Waals surface area (Å²) in [5, 5.41) is 6.08. The van der Waals surface area contributed by atoms with E-state index in [0.29, 0.717) is 25.6 Å². The molecule has 0 aliphatic carbocycles. The van der Waals surface area contributed by atoms with Crippen LogP contribution in [0.5, 0.6) is 0 Å². The summed E-state index contributed by atoms with van der Waals surface area (Å²) in [4.78, 5) is 36.4. The lowest BCUT2D eigenvalue weighted by Crippen LogP contribution is -2.54. The van der Waals surface area contributed by atoms with Crippen molar-refractivity contribution in [3.8, 4) is 0 Å². The van der Waals surface area contributed by atoms with Gasteiger partial charge >= 0.3 is 13.2 Å². The maximum absolute atomic E-state index is 13.3. The van der Waals surface area contributed by atoms with Crippen LogP contribution in [0.4, 0.5) is 10.7 Å². The van der Waals surface area contributed by atoms with Gasteiger partial charge in [-0.1, -0.05) is 13.8 Å². The zero-order chi connectivity index (χ0) is 27.6. The third-order valence-electron chi connectivity index (χ3n) is 7.18. The first-order valence-electron chi connectivity index (χ1n) is 13.3. The molecular weight excluding hydrogens is 473 g/mol. The highest BCUT2D eigenvalue weighted by Crippen LogP contribution is 2.36. The summed E-state index contributed by atoms with van der Waals surface area (Å²) in [7, 11) is -0.500. The van der Waals surface area contributed by atoms with Crippen LogP contribution in [0.1, 0.15) is 75.2 Å². The van der Waals surface area contributed by atoms with Crippen LogP contribution in [0.15, 0.2) is 12.4 Å². The van der Waals surface area contributed by atoms with Crippen molar-refractivity contribution in [1.29, 1.82) is 0 Å². The number of anilines is 1. The van der Waals surface area contributed by atoms with Crippen molar-refractivity contribution in [1.82, 2.24) is 20.2 Å². The van der Waals surface area contributed by atoms with E-state index in [9.17, 15) is 9.59 Å². The van der Waals surface area contributed by atoms with Crippen LogP contribution in [0.2, 0.25) is 0 Å². The minimum absolute atomic E-state index is 0.0607. The fourth-order valence-corrected chi connectivity index (χ4v) is 4.34. The Morgan fingerprint density at radius 3 is 2.30 bits per heavy atom. The summed E-state index contributed by atoms with van der Waals surface area (Å²) < 4.78 is 17.5. The van der Waals surface area contributed by atoms with Crippen molar-refractivity contribution < 1.29 is 23.6 Å². The largest absolute Gasteiger partial charge is 0.498 e. The second-order valence-corrected chi connectivity index (χ2v) is 12.5. The summed E-state index contributed by atoms with van der Waals surface area (Å²) in [6.45, 7) is 19.2.